The molecule has 84 valence electrons. The van der Waals surface area contributed by atoms with Gasteiger partial charge >= 0.3 is 5.97 Å². The van der Waals surface area contributed by atoms with Crippen molar-refractivity contribution in [3.8, 4) is 0 Å². The van der Waals surface area contributed by atoms with E-state index in [-0.39, 0.29) is 17.5 Å². The summed E-state index contributed by atoms with van der Waals surface area (Å²) in [6, 6.07) is 0.194. The Bertz CT molecular complexity index is 306. The van der Waals surface area contributed by atoms with Crippen LogP contribution < -0.4 is 5.32 Å². The molecule has 0 aliphatic carbocycles. The number of carboxylic acid groups (broad SMARTS) is 1. The lowest BCUT2D eigenvalue weighted by Gasteiger charge is -2.12. The quantitative estimate of drug-likeness (QED) is 0.709. The van der Waals surface area contributed by atoms with Gasteiger partial charge in [-0.15, -0.1) is 0 Å². The third kappa shape index (κ3) is 3.27. The summed E-state index contributed by atoms with van der Waals surface area (Å²) in [5, 5.41) is 11.6. The Morgan fingerprint density at radius 3 is 2.47 bits per heavy atom. The van der Waals surface area contributed by atoms with Crippen LogP contribution in [0.15, 0.2) is 11.1 Å². The van der Waals surface area contributed by atoms with Gasteiger partial charge in [0, 0.05) is 22.9 Å². The summed E-state index contributed by atoms with van der Waals surface area (Å²) in [6.07, 6.45) is 0.968. The standard InChI is InChI=1S/C10H15NO3S/c1-6(7(2)10(13)14)9(12)11-8-3-4-15-5-8/h8H,3-5H2,1-2H3,(H,11,12)(H,13,14)/b7-6-. The summed E-state index contributed by atoms with van der Waals surface area (Å²) in [5.74, 6) is 0.683. The Balaban J connectivity index is 2.59. The monoisotopic (exact) mass is 229 g/mol. The molecule has 0 radical (unpaired) electrons. The molecule has 1 unspecified atom stereocenters. The maximum atomic E-state index is 11.6. The minimum atomic E-state index is -1.04. The van der Waals surface area contributed by atoms with Crippen LogP contribution in [0.3, 0.4) is 0 Å². The van der Waals surface area contributed by atoms with Crippen molar-refractivity contribution in [3.63, 3.8) is 0 Å². The molecule has 4 nitrogen and oxygen atoms in total. The van der Waals surface area contributed by atoms with Crippen LogP contribution in [0.1, 0.15) is 20.3 Å². The van der Waals surface area contributed by atoms with Crippen LogP contribution in [0.5, 0.6) is 0 Å². The number of nitrogens with one attached hydrogen (secondary N) is 1. The molecular formula is C10H15NO3S. The van der Waals surface area contributed by atoms with E-state index in [4.69, 9.17) is 5.11 Å². The lowest BCUT2D eigenvalue weighted by atomic mass is 10.1. The summed E-state index contributed by atoms with van der Waals surface area (Å²) in [5.41, 5.74) is 0.401. The van der Waals surface area contributed by atoms with E-state index in [1.54, 1.807) is 18.7 Å². The molecule has 2 N–H and O–H groups in total. The molecule has 1 atom stereocenters. The van der Waals surface area contributed by atoms with Crippen LogP contribution >= 0.6 is 11.8 Å². The summed E-state index contributed by atoms with van der Waals surface area (Å²) >= 11 is 1.80. The minimum Gasteiger partial charge on any atom is -0.478 e. The van der Waals surface area contributed by atoms with Gasteiger partial charge in [-0.2, -0.15) is 11.8 Å². The largest absolute Gasteiger partial charge is 0.478 e. The number of carbonyl (C=O) groups is 2. The van der Waals surface area contributed by atoms with Crippen molar-refractivity contribution in [2.45, 2.75) is 26.3 Å². The van der Waals surface area contributed by atoms with E-state index in [1.165, 1.54) is 6.92 Å². The molecule has 0 aromatic rings. The van der Waals surface area contributed by atoms with E-state index in [9.17, 15) is 9.59 Å². The van der Waals surface area contributed by atoms with Crippen molar-refractivity contribution in [2.75, 3.05) is 11.5 Å². The molecule has 5 heteroatoms. The van der Waals surface area contributed by atoms with Gasteiger partial charge in [-0.05, 0) is 26.0 Å². The molecule has 0 aromatic carbocycles. The first kappa shape index (κ1) is 12.1. The van der Waals surface area contributed by atoms with E-state index >= 15 is 0 Å². The van der Waals surface area contributed by atoms with Gasteiger partial charge in [0.1, 0.15) is 0 Å². The number of carbonyl (C=O) groups excluding carboxylic acids is 1. The molecule has 0 spiro atoms. The zero-order chi connectivity index (χ0) is 11.4. The van der Waals surface area contributed by atoms with Crippen LogP contribution in [0.25, 0.3) is 0 Å². The fraction of sp³-hybridized carbons (Fsp3) is 0.600. The van der Waals surface area contributed by atoms with Gasteiger partial charge in [-0.1, -0.05) is 0 Å². The second-order valence-corrected chi connectivity index (χ2v) is 4.74. The molecule has 0 saturated carbocycles. The van der Waals surface area contributed by atoms with Crippen molar-refractivity contribution >= 4 is 23.6 Å². The minimum absolute atomic E-state index is 0.109. The summed E-state index contributed by atoms with van der Waals surface area (Å²) in [6.45, 7) is 2.99. The molecule has 15 heavy (non-hydrogen) atoms. The van der Waals surface area contributed by atoms with Crippen molar-refractivity contribution in [1.82, 2.24) is 5.32 Å². The van der Waals surface area contributed by atoms with Gasteiger partial charge in [0.25, 0.3) is 0 Å². The molecule has 1 amide bonds. The lowest BCUT2D eigenvalue weighted by molar-refractivity contribution is -0.133. The van der Waals surface area contributed by atoms with Gasteiger partial charge in [-0.25, -0.2) is 4.79 Å². The van der Waals surface area contributed by atoms with Gasteiger partial charge < -0.3 is 10.4 Å². The van der Waals surface area contributed by atoms with Crippen LogP contribution in [0.2, 0.25) is 0 Å². The third-order valence-corrected chi connectivity index (χ3v) is 3.65. The fourth-order valence-electron chi connectivity index (χ4n) is 1.27. The first-order valence-electron chi connectivity index (χ1n) is 4.81. The van der Waals surface area contributed by atoms with Crippen LogP contribution in [0, 0.1) is 0 Å². The molecule has 0 aromatic heterocycles. The molecule has 0 bridgehead atoms. The number of hydrogen-bond acceptors (Lipinski definition) is 3. The first-order valence-corrected chi connectivity index (χ1v) is 5.97. The zero-order valence-electron chi connectivity index (χ0n) is 8.87. The second-order valence-electron chi connectivity index (χ2n) is 3.59. The Morgan fingerprint density at radius 2 is 2.00 bits per heavy atom. The first-order chi connectivity index (χ1) is 7.02. The Labute approximate surface area is 93.1 Å². The molecular weight excluding hydrogens is 214 g/mol. The number of hydrogen-bond donors (Lipinski definition) is 2. The van der Waals surface area contributed by atoms with E-state index in [1.807, 2.05) is 0 Å². The highest BCUT2D eigenvalue weighted by Crippen LogP contribution is 2.17. The summed E-state index contributed by atoms with van der Waals surface area (Å²) in [4.78, 5) is 22.2. The highest BCUT2D eigenvalue weighted by atomic mass is 32.2. The van der Waals surface area contributed by atoms with Gasteiger partial charge in [-0.3, -0.25) is 4.79 Å². The van der Waals surface area contributed by atoms with Gasteiger partial charge in [0.15, 0.2) is 0 Å². The van der Waals surface area contributed by atoms with E-state index in [0.29, 0.717) is 5.57 Å². The Hall–Kier alpha value is -0.970. The maximum absolute atomic E-state index is 11.6. The van der Waals surface area contributed by atoms with E-state index in [2.05, 4.69) is 5.32 Å². The summed E-state index contributed by atoms with van der Waals surface area (Å²) in [7, 11) is 0. The molecule has 1 heterocycles. The van der Waals surface area contributed by atoms with Crippen LogP contribution in [-0.4, -0.2) is 34.5 Å². The second kappa shape index (κ2) is 5.21. The normalized spacial score (nSPS) is 22.1. The Kier molecular flexibility index (Phi) is 4.20. The topological polar surface area (TPSA) is 66.4 Å². The highest BCUT2D eigenvalue weighted by molar-refractivity contribution is 7.99. The predicted octanol–water partition coefficient (Wildman–Crippen LogP) is 1.03. The number of thioether (sulfide) groups is 1. The van der Waals surface area contributed by atoms with Crippen molar-refractivity contribution < 1.29 is 14.7 Å². The number of carboxylic acids is 1. The SMILES string of the molecule is C/C(C(=O)O)=C(\C)C(=O)NC1CCSC1. The molecule has 1 aliphatic rings. The van der Waals surface area contributed by atoms with Crippen molar-refractivity contribution in [1.29, 1.82) is 0 Å². The average Bonchev–Trinajstić information content (AvgIpc) is 2.67. The predicted molar refractivity (Wildman–Crippen MR) is 59.9 cm³/mol. The van der Waals surface area contributed by atoms with Crippen LogP contribution in [-0.2, 0) is 9.59 Å². The number of amides is 1. The smallest absolute Gasteiger partial charge is 0.331 e. The van der Waals surface area contributed by atoms with E-state index in [0.717, 1.165) is 17.9 Å². The third-order valence-electron chi connectivity index (χ3n) is 2.49. The van der Waals surface area contributed by atoms with Gasteiger partial charge in [0.05, 0.1) is 0 Å². The Morgan fingerprint density at radius 1 is 1.33 bits per heavy atom. The number of aliphatic carboxylic acids is 1. The number of rotatable bonds is 3. The molecule has 1 fully saturated rings. The molecule has 1 rings (SSSR count). The molecule has 1 aliphatic heterocycles. The van der Waals surface area contributed by atoms with E-state index < -0.39 is 5.97 Å². The lowest BCUT2D eigenvalue weighted by Crippen LogP contribution is -2.35. The zero-order valence-corrected chi connectivity index (χ0v) is 9.69. The highest BCUT2D eigenvalue weighted by Gasteiger charge is 2.19. The summed E-state index contributed by atoms with van der Waals surface area (Å²) < 4.78 is 0. The fourth-order valence-corrected chi connectivity index (χ4v) is 2.43. The molecule has 1 saturated heterocycles. The van der Waals surface area contributed by atoms with Gasteiger partial charge in [0.2, 0.25) is 5.91 Å². The van der Waals surface area contributed by atoms with Crippen molar-refractivity contribution in [3.05, 3.63) is 11.1 Å². The average molecular weight is 229 g/mol. The van der Waals surface area contributed by atoms with Crippen molar-refractivity contribution in [2.24, 2.45) is 0 Å². The maximum Gasteiger partial charge on any atom is 0.331 e. The van der Waals surface area contributed by atoms with Crippen LogP contribution in [0.4, 0.5) is 0 Å².